The number of rotatable bonds is 3. The van der Waals surface area contributed by atoms with Gasteiger partial charge in [0.2, 0.25) is 0 Å². The van der Waals surface area contributed by atoms with Crippen LogP contribution >= 0.6 is 0 Å². The molecular formula is C22H17FN4. The summed E-state index contributed by atoms with van der Waals surface area (Å²) in [6, 6.07) is 16.5. The number of hydrogen-bond acceptors (Lipinski definition) is 4. The molecule has 2 aromatic heterocycles. The van der Waals surface area contributed by atoms with Crippen molar-refractivity contribution in [1.29, 1.82) is 0 Å². The van der Waals surface area contributed by atoms with Gasteiger partial charge < -0.3 is 4.90 Å². The minimum absolute atomic E-state index is 0.227. The van der Waals surface area contributed by atoms with E-state index in [1.54, 1.807) is 24.5 Å². The van der Waals surface area contributed by atoms with Gasteiger partial charge in [0.15, 0.2) is 5.82 Å². The fourth-order valence-electron chi connectivity index (χ4n) is 3.37. The molecule has 1 aliphatic heterocycles. The van der Waals surface area contributed by atoms with Crippen molar-refractivity contribution in [3.8, 4) is 22.5 Å². The maximum Gasteiger partial charge on any atom is 0.163 e. The Labute approximate surface area is 156 Å². The van der Waals surface area contributed by atoms with Crippen LogP contribution in [0.4, 0.5) is 10.2 Å². The summed E-state index contributed by atoms with van der Waals surface area (Å²) in [5.41, 5.74) is 3.16. The molecule has 5 heteroatoms. The molecule has 0 bridgehead atoms. The molecule has 0 aliphatic carbocycles. The summed E-state index contributed by atoms with van der Waals surface area (Å²) >= 11 is 0. The van der Waals surface area contributed by atoms with Gasteiger partial charge in [-0.2, -0.15) is 0 Å². The number of hydrogen-bond donors (Lipinski definition) is 0. The second kappa shape index (κ2) is 6.43. The summed E-state index contributed by atoms with van der Waals surface area (Å²) in [7, 11) is 0. The number of aromatic nitrogens is 3. The molecule has 0 saturated carbocycles. The predicted octanol–water partition coefficient (Wildman–Crippen LogP) is 4.71. The van der Waals surface area contributed by atoms with Crippen molar-refractivity contribution in [2.24, 2.45) is 0 Å². The fraction of sp³-hybridized carbons (Fsp3) is 0.136. The first-order valence-electron chi connectivity index (χ1n) is 9.02. The average molecular weight is 356 g/mol. The van der Waals surface area contributed by atoms with Crippen LogP contribution < -0.4 is 4.90 Å². The molecule has 132 valence electrons. The number of pyridine rings is 1. The molecule has 3 heterocycles. The molecule has 0 radical (unpaired) electrons. The summed E-state index contributed by atoms with van der Waals surface area (Å²) in [4.78, 5) is 16.0. The third kappa shape index (κ3) is 2.81. The smallest absolute Gasteiger partial charge is 0.163 e. The molecule has 4 nitrogen and oxygen atoms in total. The minimum Gasteiger partial charge on any atom is -0.356 e. The van der Waals surface area contributed by atoms with Crippen molar-refractivity contribution in [3.63, 3.8) is 0 Å². The van der Waals surface area contributed by atoms with E-state index in [1.807, 2.05) is 36.4 Å². The van der Waals surface area contributed by atoms with E-state index in [9.17, 15) is 4.39 Å². The van der Waals surface area contributed by atoms with Gasteiger partial charge in [0.25, 0.3) is 0 Å². The third-order valence-corrected chi connectivity index (χ3v) is 4.94. The first-order valence-corrected chi connectivity index (χ1v) is 9.02. The van der Waals surface area contributed by atoms with E-state index in [4.69, 9.17) is 9.97 Å². The normalized spacial score (nSPS) is 13.6. The maximum absolute atomic E-state index is 14.2. The Morgan fingerprint density at radius 3 is 2.52 bits per heavy atom. The second-order valence-corrected chi connectivity index (χ2v) is 6.66. The molecule has 27 heavy (non-hydrogen) atoms. The van der Waals surface area contributed by atoms with Crippen LogP contribution in [0.25, 0.3) is 33.4 Å². The van der Waals surface area contributed by atoms with E-state index in [0.29, 0.717) is 11.4 Å². The maximum atomic E-state index is 14.2. The van der Waals surface area contributed by atoms with Crippen LogP contribution in [0.15, 0.2) is 67.0 Å². The van der Waals surface area contributed by atoms with Crippen LogP contribution in [-0.4, -0.2) is 28.0 Å². The van der Waals surface area contributed by atoms with Crippen LogP contribution in [0.2, 0.25) is 0 Å². The SMILES string of the molecule is Fc1ccccc1-c1ccc2nc(-c3cccnc3)nc(N3CCC3)c2c1. The third-order valence-electron chi connectivity index (χ3n) is 4.94. The highest BCUT2D eigenvalue weighted by Crippen LogP contribution is 2.33. The summed E-state index contributed by atoms with van der Waals surface area (Å²) < 4.78 is 14.2. The zero-order chi connectivity index (χ0) is 18.2. The summed E-state index contributed by atoms with van der Waals surface area (Å²) in [5, 5.41) is 0.947. The highest BCUT2D eigenvalue weighted by atomic mass is 19.1. The second-order valence-electron chi connectivity index (χ2n) is 6.66. The lowest BCUT2D eigenvalue weighted by atomic mass is 10.0. The largest absolute Gasteiger partial charge is 0.356 e. The van der Waals surface area contributed by atoms with Crippen molar-refractivity contribution in [3.05, 3.63) is 72.8 Å². The Balaban J connectivity index is 1.71. The lowest BCUT2D eigenvalue weighted by Gasteiger charge is -2.33. The quantitative estimate of drug-likeness (QED) is 0.533. The van der Waals surface area contributed by atoms with Gasteiger partial charge in [-0.1, -0.05) is 24.3 Å². The lowest BCUT2D eigenvalue weighted by Crippen LogP contribution is -2.37. The summed E-state index contributed by atoms with van der Waals surface area (Å²) in [6.07, 6.45) is 4.66. The van der Waals surface area contributed by atoms with Crippen molar-refractivity contribution in [2.75, 3.05) is 18.0 Å². The predicted molar refractivity (Wildman–Crippen MR) is 105 cm³/mol. The Morgan fingerprint density at radius 1 is 0.889 bits per heavy atom. The average Bonchev–Trinajstić information content (AvgIpc) is 2.67. The monoisotopic (exact) mass is 356 g/mol. The van der Waals surface area contributed by atoms with Gasteiger partial charge in [0.05, 0.1) is 5.52 Å². The van der Waals surface area contributed by atoms with E-state index < -0.39 is 0 Å². The first-order chi connectivity index (χ1) is 13.3. The van der Waals surface area contributed by atoms with E-state index in [0.717, 1.165) is 47.4 Å². The molecule has 0 spiro atoms. The summed E-state index contributed by atoms with van der Waals surface area (Å²) in [5.74, 6) is 1.34. The first kappa shape index (κ1) is 15.9. The van der Waals surface area contributed by atoms with E-state index in [-0.39, 0.29) is 5.82 Å². The number of fused-ring (bicyclic) bond motifs is 1. The Kier molecular flexibility index (Phi) is 3.78. The zero-order valence-corrected chi connectivity index (χ0v) is 14.6. The molecule has 1 fully saturated rings. The molecule has 1 aliphatic rings. The number of benzene rings is 2. The molecule has 0 amide bonds. The van der Waals surface area contributed by atoms with Crippen molar-refractivity contribution < 1.29 is 4.39 Å². The van der Waals surface area contributed by atoms with Crippen molar-refractivity contribution in [2.45, 2.75) is 6.42 Å². The van der Waals surface area contributed by atoms with E-state index in [2.05, 4.69) is 9.88 Å². The highest BCUT2D eigenvalue weighted by molar-refractivity contribution is 5.94. The summed E-state index contributed by atoms with van der Waals surface area (Å²) in [6.45, 7) is 1.95. The molecule has 4 aromatic rings. The molecule has 2 aromatic carbocycles. The van der Waals surface area contributed by atoms with Gasteiger partial charge in [-0.05, 0) is 42.3 Å². The number of halogens is 1. The Morgan fingerprint density at radius 2 is 1.78 bits per heavy atom. The topological polar surface area (TPSA) is 41.9 Å². The van der Waals surface area contributed by atoms with Gasteiger partial charge in [-0.15, -0.1) is 0 Å². The molecule has 0 unspecified atom stereocenters. The highest BCUT2D eigenvalue weighted by Gasteiger charge is 2.21. The molecule has 0 atom stereocenters. The number of nitrogens with zero attached hydrogens (tertiary/aromatic N) is 4. The van der Waals surface area contributed by atoms with Crippen molar-refractivity contribution in [1.82, 2.24) is 15.0 Å². The van der Waals surface area contributed by atoms with E-state index in [1.165, 1.54) is 6.07 Å². The lowest BCUT2D eigenvalue weighted by molar-refractivity contribution is 0.612. The fourth-order valence-corrected chi connectivity index (χ4v) is 3.37. The Hall–Kier alpha value is -3.34. The van der Waals surface area contributed by atoms with Gasteiger partial charge >= 0.3 is 0 Å². The zero-order valence-electron chi connectivity index (χ0n) is 14.6. The standard InChI is InChI=1S/C22H17FN4/c23-19-7-2-1-6-17(19)15-8-9-20-18(13-15)22(27-11-4-12-27)26-21(25-20)16-5-3-10-24-14-16/h1-3,5-10,13-14H,4,11-12H2. The van der Waals surface area contributed by atoms with Crippen LogP contribution in [0, 0.1) is 5.82 Å². The molecule has 5 rings (SSSR count). The molecule has 0 N–H and O–H groups in total. The van der Waals surface area contributed by atoms with Crippen molar-refractivity contribution >= 4 is 16.7 Å². The van der Waals surface area contributed by atoms with Gasteiger partial charge in [-0.25, -0.2) is 14.4 Å². The van der Waals surface area contributed by atoms with Crippen LogP contribution in [0.1, 0.15) is 6.42 Å². The van der Waals surface area contributed by atoms with Gasteiger partial charge in [0, 0.05) is 42.0 Å². The molecule has 1 saturated heterocycles. The van der Waals surface area contributed by atoms with Crippen LogP contribution in [0.3, 0.4) is 0 Å². The number of anilines is 1. The molecular weight excluding hydrogens is 339 g/mol. The van der Waals surface area contributed by atoms with Crippen LogP contribution in [-0.2, 0) is 0 Å². The van der Waals surface area contributed by atoms with E-state index >= 15 is 0 Å². The Bertz CT molecular complexity index is 1120. The minimum atomic E-state index is -0.227. The van der Waals surface area contributed by atoms with Crippen LogP contribution in [0.5, 0.6) is 0 Å². The van der Waals surface area contributed by atoms with Gasteiger partial charge in [0.1, 0.15) is 11.6 Å². The van der Waals surface area contributed by atoms with Gasteiger partial charge in [-0.3, -0.25) is 4.98 Å².